The van der Waals surface area contributed by atoms with Crippen molar-refractivity contribution >= 4 is 28.6 Å². The predicted octanol–water partition coefficient (Wildman–Crippen LogP) is 4.36. The van der Waals surface area contributed by atoms with Crippen LogP contribution in [-0.4, -0.2) is 16.9 Å². The lowest BCUT2D eigenvalue weighted by molar-refractivity contribution is -0.384. The first-order valence-electron chi connectivity index (χ1n) is 8.35. The fourth-order valence-electron chi connectivity index (χ4n) is 2.65. The van der Waals surface area contributed by atoms with Crippen molar-refractivity contribution in [2.24, 2.45) is 5.92 Å². The topological polar surface area (TPSA) is 84.3 Å². The lowest BCUT2D eigenvalue weighted by Gasteiger charge is -2.21. The van der Waals surface area contributed by atoms with Crippen LogP contribution in [0.3, 0.4) is 0 Å². The third-order valence-electron chi connectivity index (χ3n) is 4.20. The van der Waals surface area contributed by atoms with Gasteiger partial charge in [-0.3, -0.25) is 14.9 Å². The Morgan fingerprint density at radius 3 is 2.64 bits per heavy atom. The fraction of sp³-hybridized carbons (Fsp3) is 0.389. The zero-order chi connectivity index (χ0) is 18.0. The lowest BCUT2D eigenvalue weighted by atomic mass is 10.0. The van der Waals surface area contributed by atoms with E-state index in [1.54, 1.807) is 23.5 Å². The first-order valence-corrected chi connectivity index (χ1v) is 9.23. The molecule has 25 heavy (non-hydrogen) atoms. The summed E-state index contributed by atoms with van der Waals surface area (Å²) in [7, 11) is 0. The molecule has 1 amide bonds. The first kappa shape index (κ1) is 17.4. The van der Waals surface area contributed by atoms with Gasteiger partial charge < -0.3 is 10.6 Å². The second-order valence-electron chi connectivity index (χ2n) is 6.62. The molecule has 6 nitrogen and oxygen atoms in total. The summed E-state index contributed by atoms with van der Waals surface area (Å²) in [5, 5.41) is 19.5. The highest BCUT2D eigenvalue weighted by atomic mass is 32.1. The van der Waals surface area contributed by atoms with Crippen molar-refractivity contribution < 1.29 is 9.72 Å². The van der Waals surface area contributed by atoms with Gasteiger partial charge in [-0.25, -0.2) is 0 Å². The Labute approximate surface area is 150 Å². The van der Waals surface area contributed by atoms with Crippen LogP contribution in [0.2, 0.25) is 0 Å². The summed E-state index contributed by atoms with van der Waals surface area (Å²) in [6, 6.07) is 8.75. The van der Waals surface area contributed by atoms with E-state index in [0.717, 1.165) is 17.7 Å². The molecule has 0 saturated heterocycles. The van der Waals surface area contributed by atoms with E-state index < -0.39 is 4.92 Å². The van der Waals surface area contributed by atoms with Gasteiger partial charge in [0.15, 0.2) is 0 Å². The fourth-order valence-corrected chi connectivity index (χ4v) is 3.60. The van der Waals surface area contributed by atoms with Crippen LogP contribution in [-0.2, 0) is 0 Å². The summed E-state index contributed by atoms with van der Waals surface area (Å²) in [5.74, 6) is -0.0819. The zero-order valence-electron chi connectivity index (χ0n) is 14.2. The number of rotatable bonds is 7. The molecule has 132 valence electrons. The van der Waals surface area contributed by atoms with Crippen molar-refractivity contribution in [2.45, 2.75) is 38.8 Å². The minimum atomic E-state index is -0.444. The molecule has 7 heteroatoms. The second kappa shape index (κ2) is 7.23. The first-order chi connectivity index (χ1) is 12.0. The quantitative estimate of drug-likeness (QED) is 0.568. The van der Waals surface area contributed by atoms with Crippen LogP contribution in [0.15, 0.2) is 35.7 Å². The Kier molecular flexibility index (Phi) is 5.03. The van der Waals surface area contributed by atoms with Crippen molar-refractivity contribution in [1.29, 1.82) is 0 Å². The zero-order valence-corrected chi connectivity index (χ0v) is 15.0. The van der Waals surface area contributed by atoms with E-state index in [1.807, 2.05) is 31.4 Å². The minimum absolute atomic E-state index is 0.0585. The molecule has 1 heterocycles. The Morgan fingerprint density at radius 1 is 1.32 bits per heavy atom. The number of benzene rings is 1. The average molecular weight is 359 g/mol. The Bertz CT molecular complexity index is 770. The average Bonchev–Trinajstić information content (AvgIpc) is 3.22. The molecule has 1 fully saturated rings. The molecule has 1 aromatic carbocycles. The highest BCUT2D eigenvalue weighted by Gasteiger charge is 2.26. The van der Waals surface area contributed by atoms with Crippen molar-refractivity contribution in [2.75, 3.05) is 5.32 Å². The summed E-state index contributed by atoms with van der Waals surface area (Å²) in [4.78, 5) is 24.6. The van der Waals surface area contributed by atoms with Crippen LogP contribution < -0.4 is 10.6 Å². The number of nitrogens with zero attached hydrogens (tertiary/aromatic N) is 1. The Morgan fingerprint density at radius 2 is 2.08 bits per heavy atom. The van der Waals surface area contributed by atoms with Crippen molar-refractivity contribution in [3.8, 4) is 0 Å². The van der Waals surface area contributed by atoms with Gasteiger partial charge in [0.25, 0.3) is 11.6 Å². The number of nitro benzene ring substituents is 1. The normalized spacial score (nSPS) is 15.0. The van der Waals surface area contributed by atoms with E-state index in [0.29, 0.717) is 17.3 Å². The molecule has 1 aliphatic rings. The number of amides is 1. The van der Waals surface area contributed by atoms with E-state index in [9.17, 15) is 14.9 Å². The highest BCUT2D eigenvalue weighted by Crippen LogP contribution is 2.32. The van der Waals surface area contributed by atoms with Crippen LogP contribution in [0.4, 0.5) is 11.4 Å². The smallest absolute Gasteiger partial charge is 0.293 e. The third-order valence-corrected chi connectivity index (χ3v) is 5.15. The summed E-state index contributed by atoms with van der Waals surface area (Å²) in [5.41, 5.74) is 0.717. The number of nitrogens with one attached hydrogen (secondary N) is 2. The molecule has 1 aliphatic carbocycles. The molecule has 1 aromatic heterocycles. The van der Waals surface area contributed by atoms with Gasteiger partial charge >= 0.3 is 0 Å². The summed E-state index contributed by atoms with van der Waals surface area (Å²) in [6.45, 7) is 4.07. The lowest BCUT2D eigenvalue weighted by Crippen LogP contribution is -2.31. The minimum Gasteiger partial charge on any atom is -0.377 e. The van der Waals surface area contributed by atoms with Crippen LogP contribution in [0.5, 0.6) is 0 Å². The van der Waals surface area contributed by atoms with Crippen LogP contribution >= 0.6 is 11.3 Å². The maximum atomic E-state index is 12.6. The Balaban J connectivity index is 1.81. The molecule has 0 spiro atoms. The monoisotopic (exact) mass is 359 g/mol. The number of hydrogen-bond donors (Lipinski definition) is 2. The molecule has 1 atom stereocenters. The molecule has 2 N–H and O–H groups in total. The van der Waals surface area contributed by atoms with Crippen LogP contribution in [0, 0.1) is 16.0 Å². The molecule has 3 rings (SSSR count). The van der Waals surface area contributed by atoms with E-state index in [2.05, 4.69) is 10.6 Å². The molecule has 2 aromatic rings. The SMILES string of the molecule is CC(C)C(NC(=O)c1ccc(NC2CC2)c([N+](=O)[O-])c1)c1cccs1. The standard InChI is InChI=1S/C18H21N3O3S/c1-11(2)17(16-4-3-9-25-16)20-18(22)12-5-8-14(19-13-6-7-13)15(10-12)21(23)24/h3-5,8-11,13,17,19H,6-7H2,1-2H3,(H,20,22). The maximum Gasteiger partial charge on any atom is 0.293 e. The van der Waals surface area contributed by atoms with Gasteiger partial charge in [0.1, 0.15) is 5.69 Å². The van der Waals surface area contributed by atoms with E-state index in [4.69, 9.17) is 0 Å². The predicted molar refractivity (Wildman–Crippen MR) is 99.1 cm³/mol. The summed E-state index contributed by atoms with van der Waals surface area (Å²) < 4.78 is 0. The van der Waals surface area contributed by atoms with E-state index in [1.165, 1.54) is 6.07 Å². The van der Waals surface area contributed by atoms with Gasteiger partial charge in [0.05, 0.1) is 11.0 Å². The molecule has 0 radical (unpaired) electrons. The molecule has 1 unspecified atom stereocenters. The Hall–Kier alpha value is -2.41. The second-order valence-corrected chi connectivity index (χ2v) is 7.60. The van der Waals surface area contributed by atoms with Crippen LogP contribution in [0.25, 0.3) is 0 Å². The number of hydrogen-bond acceptors (Lipinski definition) is 5. The van der Waals surface area contributed by atoms with Crippen LogP contribution in [0.1, 0.15) is 48.0 Å². The molecule has 0 bridgehead atoms. The van der Waals surface area contributed by atoms with E-state index in [-0.39, 0.29) is 23.6 Å². The third kappa shape index (κ3) is 4.17. The van der Waals surface area contributed by atoms with Crippen molar-refractivity contribution in [1.82, 2.24) is 5.32 Å². The van der Waals surface area contributed by atoms with E-state index >= 15 is 0 Å². The van der Waals surface area contributed by atoms with Gasteiger partial charge in [-0.2, -0.15) is 0 Å². The summed E-state index contributed by atoms with van der Waals surface area (Å²) in [6.07, 6.45) is 2.05. The van der Waals surface area contributed by atoms with Gasteiger partial charge in [-0.15, -0.1) is 11.3 Å². The number of thiophene rings is 1. The number of anilines is 1. The maximum absolute atomic E-state index is 12.6. The van der Waals surface area contributed by atoms with Crippen molar-refractivity contribution in [3.63, 3.8) is 0 Å². The van der Waals surface area contributed by atoms with Gasteiger partial charge in [0, 0.05) is 22.5 Å². The largest absolute Gasteiger partial charge is 0.377 e. The van der Waals surface area contributed by atoms with Gasteiger partial charge in [-0.05, 0) is 42.3 Å². The number of carbonyl (C=O) groups is 1. The molecule has 1 saturated carbocycles. The number of carbonyl (C=O) groups excluding carboxylic acids is 1. The highest BCUT2D eigenvalue weighted by molar-refractivity contribution is 7.10. The molecular formula is C18H21N3O3S. The van der Waals surface area contributed by atoms with Gasteiger partial charge in [0.2, 0.25) is 0 Å². The molecular weight excluding hydrogens is 338 g/mol. The molecule has 0 aliphatic heterocycles. The summed E-state index contributed by atoms with van der Waals surface area (Å²) >= 11 is 1.59. The van der Waals surface area contributed by atoms with Gasteiger partial charge in [-0.1, -0.05) is 19.9 Å². The number of nitro groups is 1. The van der Waals surface area contributed by atoms with Crippen molar-refractivity contribution in [3.05, 3.63) is 56.3 Å².